The van der Waals surface area contributed by atoms with Gasteiger partial charge in [0.05, 0.1) is 44.1 Å². The number of nitrogens with one attached hydrogen (secondary N) is 4. The zero-order valence-electron chi connectivity index (χ0n) is 35.8. The number of halogens is 3. The van der Waals surface area contributed by atoms with Crippen molar-refractivity contribution in [2.75, 3.05) is 75.5 Å². The minimum absolute atomic E-state index is 0.00374. The largest absolute Gasteiger partial charge is 0.508 e. The molecule has 3 aliphatic rings. The maximum absolute atomic E-state index is 13.4. The van der Waals surface area contributed by atoms with Crippen LogP contribution >= 0.6 is 12.2 Å². The molecule has 67 heavy (non-hydrogen) atoms. The number of hydrogen-bond donors (Lipinski definition) is 7. The third-order valence-electron chi connectivity index (χ3n) is 11.9. The second-order valence-electron chi connectivity index (χ2n) is 16.5. The van der Waals surface area contributed by atoms with Gasteiger partial charge in [-0.25, -0.2) is 19.6 Å². The van der Waals surface area contributed by atoms with Crippen LogP contribution in [0.3, 0.4) is 0 Å². The van der Waals surface area contributed by atoms with E-state index in [-0.39, 0.29) is 29.1 Å². The smallest absolute Gasteiger partial charge is 0.433 e. The molecule has 350 valence electrons. The van der Waals surface area contributed by atoms with Crippen LogP contribution in [0.5, 0.6) is 23.0 Å². The summed E-state index contributed by atoms with van der Waals surface area (Å²) in [7, 11) is 0. The van der Waals surface area contributed by atoms with E-state index in [2.05, 4.69) is 35.8 Å². The van der Waals surface area contributed by atoms with E-state index in [0.29, 0.717) is 101 Å². The van der Waals surface area contributed by atoms with Crippen molar-refractivity contribution in [1.82, 2.24) is 29.7 Å². The van der Waals surface area contributed by atoms with Gasteiger partial charge in [0, 0.05) is 66.9 Å². The Bertz CT molecular complexity index is 2840. The van der Waals surface area contributed by atoms with Crippen LogP contribution in [0.25, 0.3) is 11.0 Å². The Morgan fingerprint density at radius 1 is 0.955 bits per heavy atom. The zero-order valence-corrected chi connectivity index (χ0v) is 36.6. The number of esters is 1. The number of imidazole rings is 1. The third-order valence-corrected chi connectivity index (χ3v) is 12.1. The van der Waals surface area contributed by atoms with E-state index >= 15 is 0 Å². The van der Waals surface area contributed by atoms with E-state index in [4.69, 9.17) is 36.9 Å². The van der Waals surface area contributed by atoms with Crippen LogP contribution in [-0.2, 0) is 32.5 Å². The summed E-state index contributed by atoms with van der Waals surface area (Å²) >= 11 is 5.51. The van der Waals surface area contributed by atoms with E-state index in [0.717, 1.165) is 38.5 Å². The molecule has 0 aliphatic carbocycles. The normalized spacial score (nSPS) is 16.2. The number of piperidine rings is 1. The van der Waals surface area contributed by atoms with E-state index in [1.165, 1.54) is 28.8 Å². The summed E-state index contributed by atoms with van der Waals surface area (Å²) in [6, 6.07) is 18.8. The number of pyridine rings is 2. The number of rotatable bonds is 15. The number of aromatic hydroxyl groups is 2. The molecule has 1 fully saturated rings. The van der Waals surface area contributed by atoms with E-state index < -0.39 is 34.9 Å². The van der Waals surface area contributed by atoms with Crippen LogP contribution in [0.15, 0.2) is 83.8 Å². The van der Waals surface area contributed by atoms with E-state index in [9.17, 15) is 33.0 Å². The van der Waals surface area contributed by atoms with Gasteiger partial charge in [0.25, 0.3) is 0 Å². The number of phenolic OH excluding ortho intramolecular Hbond substituents is 2. The summed E-state index contributed by atoms with van der Waals surface area (Å²) in [4.78, 5) is 38.7. The molecule has 6 heterocycles. The van der Waals surface area contributed by atoms with Gasteiger partial charge in [0.1, 0.15) is 45.8 Å². The lowest BCUT2D eigenvalue weighted by atomic mass is 9.77. The molecule has 0 radical (unpaired) electrons. The van der Waals surface area contributed by atoms with E-state index in [1.807, 2.05) is 0 Å². The summed E-state index contributed by atoms with van der Waals surface area (Å²) in [5, 5.41) is 30.2. The Hall–Kier alpha value is -6.94. The number of thiocarbonyl (C=S) groups is 1. The fraction of sp³-hybridized carbons (Fsp3) is 0.326. The van der Waals surface area contributed by atoms with Gasteiger partial charge in [-0.2, -0.15) is 13.2 Å². The van der Waals surface area contributed by atoms with Crippen molar-refractivity contribution in [2.24, 2.45) is 5.92 Å². The quantitative estimate of drug-likeness (QED) is 0.0362. The Labute approximate surface area is 386 Å². The van der Waals surface area contributed by atoms with Crippen molar-refractivity contribution >= 4 is 51.7 Å². The number of fused-ring (bicyclic) bond motifs is 7. The Morgan fingerprint density at radius 3 is 2.43 bits per heavy atom. The topological polar surface area (TPSA) is 223 Å². The molecule has 0 saturated carbocycles. The molecule has 1 spiro atoms. The number of likely N-dealkylation sites (tertiary alicyclic amines) is 1. The summed E-state index contributed by atoms with van der Waals surface area (Å²) in [5.74, 6) is 0.632. The maximum Gasteiger partial charge on any atom is 0.433 e. The maximum atomic E-state index is 13.4. The summed E-state index contributed by atoms with van der Waals surface area (Å²) in [6.07, 6.45) is -1.01. The van der Waals surface area contributed by atoms with Crippen molar-refractivity contribution in [3.63, 3.8) is 0 Å². The lowest BCUT2D eigenvalue weighted by Crippen LogP contribution is -2.39. The molecule has 3 aliphatic heterocycles. The second kappa shape index (κ2) is 18.7. The average Bonchev–Trinajstić information content (AvgIpc) is 3.76. The SMILES string of the molecule is Nc1nc(C(F)(F)F)cc2c1[nH]c(=O)n2Cc1ccc(NCCN2CCCC(COCCOCCNC(=S)Nc3ccc4c(c3)C(=O)OC43c4ccc(O)cc4Oc4cc(O)ccc43)C2)nc1. The number of nitrogen functional groups attached to an aromatic ring is 1. The molecular formula is C46H46F3N9O8S. The van der Waals surface area contributed by atoms with Crippen LogP contribution in [0.1, 0.15) is 51.1 Å². The molecule has 3 aromatic carbocycles. The Morgan fingerprint density at radius 2 is 1.70 bits per heavy atom. The third kappa shape index (κ3) is 9.53. The van der Waals surface area contributed by atoms with Gasteiger partial charge in [0.15, 0.2) is 10.7 Å². The van der Waals surface area contributed by atoms with Gasteiger partial charge in [-0.3, -0.25) is 4.57 Å². The first-order chi connectivity index (χ1) is 32.2. The number of aromatic amines is 1. The highest BCUT2D eigenvalue weighted by Crippen LogP contribution is 2.57. The average molecular weight is 942 g/mol. The first kappa shape index (κ1) is 45.2. The van der Waals surface area contributed by atoms with Crippen molar-refractivity contribution in [2.45, 2.75) is 31.2 Å². The molecule has 9 rings (SSSR count). The molecule has 21 heteroatoms. The van der Waals surface area contributed by atoms with Gasteiger partial charge < -0.3 is 60.7 Å². The van der Waals surface area contributed by atoms with Crippen LogP contribution in [0.4, 0.5) is 30.5 Å². The minimum atomic E-state index is -4.71. The summed E-state index contributed by atoms with van der Waals surface area (Å²) in [5.41, 5.74) is 5.83. The monoisotopic (exact) mass is 941 g/mol. The fourth-order valence-corrected chi connectivity index (χ4v) is 9.00. The van der Waals surface area contributed by atoms with Gasteiger partial charge >= 0.3 is 17.8 Å². The number of anilines is 3. The number of hydrogen-bond acceptors (Lipinski definition) is 14. The van der Waals surface area contributed by atoms with Gasteiger partial charge in [-0.15, -0.1) is 0 Å². The van der Waals surface area contributed by atoms with Crippen LogP contribution in [0.2, 0.25) is 0 Å². The molecular weight excluding hydrogens is 896 g/mol. The van der Waals surface area contributed by atoms with Crippen LogP contribution < -0.4 is 32.1 Å². The molecule has 3 aromatic heterocycles. The molecule has 1 atom stereocenters. The second-order valence-corrected chi connectivity index (χ2v) is 16.9. The molecule has 17 nitrogen and oxygen atoms in total. The van der Waals surface area contributed by atoms with Gasteiger partial charge in [-0.1, -0.05) is 12.1 Å². The number of carbonyl (C=O) groups excluding carboxylic acids is 1. The van der Waals surface area contributed by atoms with Crippen LogP contribution in [-0.4, -0.2) is 105 Å². The molecule has 1 saturated heterocycles. The summed E-state index contributed by atoms with van der Waals surface area (Å²) < 4.78 is 65.1. The Balaban J connectivity index is 0.668. The lowest BCUT2D eigenvalue weighted by Gasteiger charge is -2.36. The van der Waals surface area contributed by atoms with Crippen molar-refractivity contribution < 1.29 is 47.1 Å². The first-order valence-electron chi connectivity index (χ1n) is 21.6. The zero-order chi connectivity index (χ0) is 46.9. The highest BCUT2D eigenvalue weighted by molar-refractivity contribution is 7.80. The predicted octanol–water partition coefficient (Wildman–Crippen LogP) is 5.89. The van der Waals surface area contributed by atoms with Crippen molar-refractivity contribution in [1.29, 1.82) is 0 Å². The van der Waals surface area contributed by atoms with Crippen molar-refractivity contribution in [3.05, 3.63) is 123 Å². The molecule has 8 N–H and O–H groups in total. The Kier molecular flexibility index (Phi) is 12.7. The van der Waals surface area contributed by atoms with Crippen LogP contribution in [0, 0.1) is 5.92 Å². The number of ether oxygens (including phenoxy) is 4. The molecule has 1 unspecified atom stereocenters. The minimum Gasteiger partial charge on any atom is -0.508 e. The van der Waals surface area contributed by atoms with Gasteiger partial charge in [-0.05, 0) is 91.6 Å². The number of alkyl halides is 3. The lowest BCUT2D eigenvalue weighted by molar-refractivity contribution is -0.141. The number of nitrogens with zero attached hydrogens (tertiary/aromatic N) is 4. The standard InChI is InChI=1S/C46H46F3N9O8S/c47-46(48,49)38-21-35-40(41(50)55-38)56-44(62)58(35)24-26-3-10-39(53-22-26)51-11-14-57-13-1-2-27(23-57)25-64-17-16-63-15-12-52-43(67)54-28-4-7-32-31(18-28)42(61)66-45(32)33-8-5-29(59)19-36(33)65-37-20-30(60)6-9-34(37)45/h3-10,18-22,27,59-60H,1-2,11-17,23-25H2,(H2,50,55)(H,51,53)(H,56,62)(H2,52,54,67). The highest BCUT2D eigenvalue weighted by Gasteiger charge is 2.53. The predicted molar refractivity (Wildman–Crippen MR) is 245 cm³/mol. The van der Waals surface area contributed by atoms with E-state index in [1.54, 1.807) is 48.7 Å². The number of nitrogens with two attached hydrogens (primary N) is 1. The molecule has 0 amide bonds. The molecule has 0 bridgehead atoms. The fourth-order valence-electron chi connectivity index (χ4n) is 8.78. The number of benzene rings is 3. The number of carbonyl (C=O) groups is 1. The number of aromatic nitrogens is 4. The highest BCUT2D eigenvalue weighted by atomic mass is 32.1. The van der Waals surface area contributed by atoms with Crippen molar-refractivity contribution in [3.8, 4) is 23.0 Å². The first-order valence-corrected chi connectivity index (χ1v) is 22.0. The number of phenols is 2. The molecule has 6 aromatic rings. The summed E-state index contributed by atoms with van der Waals surface area (Å²) in [6.45, 7) is 5.65. The van der Waals surface area contributed by atoms with Gasteiger partial charge in [0.2, 0.25) is 0 Å². The number of H-pyrrole nitrogens is 1.